The van der Waals surface area contributed by atoms with Crippen LogP contribution in [-0.2, 0) is 0 Å². The molecule has 0 fully saturated rings. The lowest BCUT2D eigenvalue weighted by atomic mass is 10.2. The van der Waals surface area contributed by atoms with E-state index in [2.05, 4.69) is 4.98 Å². The number of aromatic nitrogens is 1. The maximum atomic E-state index is 10.3. The first kappa shape index (κ1) is 8.94. The summed E-state index contributed by atoms with van der Waals surface area (Å²) in [4.78, 5) is 14.3. The molecule has 3 heteroatoms. The molecule has 0 unspecified atom stereocenters. The van der Waals surface area contributed by atoms with E-state index in [1.165, 1.54) is 6.20 Å². The van der Waals surface area contributed by atoms with Gasteiger partial charge in [-0.25, -0.2) is 0 Å². The van der Waals surface area contributed by atoms with E-state index in [1.54, 1.807) is 18.2 Å². The molecule has 0 aliphatic heterocycles. The van der Waals surface area contributed by atoms with E-state index in [0.717, 1.165) is 12.0 Å². The Labute approximate surface area is 75.9 Å². The molecule has 12 heavy (non-hydrogen) atoms. The summed E-state index contributed by atoms with van der Waals surface area (Å²) in [6.45, 7) is 0. The second kappa shape index (κ2) is 4.67. The zero-order chi connectivity index (χ0) is 8.81. The van der Waals surface area contributed by atoms with Crippen LogP contribution in [0.4, 0.5) is 0 Å². The predicted molar refractivity (Wildman–Crippen MR) is 49.4 cm³/mol. The van der Waals surface area contributed by atoms with Crippen molar-refractivity contribution in [2.75, 3.05) is 5.88 Å². The molecule has 2 nitrogen and oxygen atoms in total. The van der Waals surface area contributed by atoms with Crippen LogP contribution in [0.25, 0.3) is 6.08 Å². The Hall–Kier alpha value is -1.15. The van der Waals surface area contributed by atoms with Crippen molar-refractivity contribution >= 4 is 24.0 Å². The Morgan fingerprint density at radius 2 is 2.33 bits per heavy atom. The third-order valence-electron chi connectivity index (χ3n) is 1.32. The van der Waals surface area contributed by atoms with Gasteiger partial charge in [0.1, 0.15) is 0 Å². The number of alkyl halides is 1. The average Bonchev–Trinajstić information content (AvgIpc) is 2.15. The molecule has 1 aromatic heterocycles. The van der Waals surface area contributed by atoms with Gasteiger partial charge in [0.15, 0.2) is 6.29 Å². The van der Waals surface area contributed by atoms with Crippen molar-refractivity contribution in [1.29, 1.82) is 0 Å². The first-order valence-electron chi connectivity index (χ1n) is 3.50. The van der Waals surface area contributed by atoms with Crippen molar-refractivity contribution in [3.05, 3.63) is 35.7 Å². The monoisotopic (exact) mass is 181 g/mol. The maximum absolute atomic E-state index is 10.3. The molecule has 0 aromatic carbocycles. The Morgan fingerprint density at radius 1 is 1.50 bits per heavy atom. The molecule has 0 spiro atoms. The number of aldehydes is 1. The normalized spacial score (nSPS) is 10.4. The van der Waals surface area contributed by atoms with Crippen molar-refractivity contribution in [3.63, 3.8) is 0 Å². The fourth-order valence-electron chi connectivity index (χ4n) is 0.750. The molecule has 0 amide bonds. The molecule has 0 saturated heterocycles. The summed E-state index contributed by atoms with van der Waals surface area (Å²) >= 11 is 5.44. The quantitative estimate of drug-likeness (QED) is 0.528. The number of pyridine rings is 1. The van der Waals surface area contributed by atoms with Crippen molar-refractivity contribution in [1.82, 2.24) is 4.98 Å². The lowest BCUT2D eigenvalue weighted by molar-refractivity contribution is 0.112. The third-order valence-corrected chi connectivity index (χ3v) is 1.50. The molecule has 0 N–H and O–H groups in total. The minimum atomic E-state index is 0.469. The molecule has 0 saturated carbocycles. The van der Waals surface area contributed by atoms with Gasteiger partial charge in [0.25, 0.3) is 0 Å². The molecular weight excluding hydrogens is 174 g/mol. The zero-order valence-electron chi connectivity index (χ0n) is 6.40. The van der Waals surface area contributed by atoms with Gasteiger partial charge in [-0.15, -0.1) is 11.6 Å². The van der Waals surface area contributed by atoms with Gasteiger partial charge in [0.05, 0.1) is 5.69 Å². The molecule has 0 atom stereocenters. The van der Waals surface area contributed by atoms with Crippen molar-refractivity contribution in [2.45, 2.75) is 0 Å². The average molecular weight is 182 g/mol. The maximum Gasteiger partial charge on any atom is 0.151 e. The fourth-order valence-corrected chi connectivity index (χ4v) is 0.839. The molecule has 0 radical (unpaired) electrons. The van der Waals surface area contributed by atoms with Crippen LogP contribution in [-0.4, -0.2) is 17.2 Å². The molecule has 1 rings (SSSR count). The van der Waals surface area contributed by atoms with Crippen LogP contribution in [0.5, 0.6) is 0 Å². The van der Waals surface area contributed by atoms with Gasteiger partial charge in [0.2, 0.25) is 0 Å². The molecule has 0 bridgehead atoms. The van der Waals surface area contributed by atoms with E-state index in [0.29, 0.717) is 11.4 Å². The Kier molecular flexibility index (Phi) is 3.48. The van der Waals surface area contributed by atoms with E-state index in [4.69, 9.17) is 11.6 Å². The summed E-state index contributed by atoms with van der Waals surface area (Å²) in [5.41, 5.74) is 1.39. The highest BCUT2D eigenvalue weighted by molar-refractivity contribution is 6.19. The van der Waals surface area contributed by atoms with Crippen LogP contribution >= 0.6 is 11.6 Å². The number of allylic oxidation sites excluding steroid dienone is 1. The van der Waals surface area contributed by atoms with Crippen molar-refractivity contribution in [3.8, 4) is 0 Å². The van der Waals surface area contributed by atoms with E-state index >= 15 is 0 Å². The van der Waals surface area contributed by atoms with Gasteiger partial charge in [-0.1, -0.05) is 6.08 Å². The first-order valence-corrected chi connectivity index (χ1v) is 4.04. The third kappa shape index (κ3) is 2.47. The summed E-state index contributed by atoms with van der Waals surface area (Å²) in [6, 6.07) is 3.49. The number of nitrogens with zero attached hydrogens (tertiary/aromatic N) is 1. The number of halogens is 1. The highest BCUT2D eigenvalue weighted by Gasteiger charge is 1.89. The van der Waals surface area contributed by atoms with Crippen LogP contribution in [0.15, 0.2) is 24.4 Å². The van der Waals surface area contributed by atoms with E-state index in [9.17, 15) is 4.79 Å². The zero-order valence-corrected chi connectivity index (χ0v) is 7.16. The summed E-state index contributed by atoms with van der Waals surface area (Å²) in [5.74, 6) is 0.469. The number of hydrogen-bond donors (Lipinski definition) is 0. The Morgan fingerprint density at radius 3 is 2.83 bits per heavy atom. The smallest absolute Gasteiger partial charge is 0.151 e. The second-order valence-corrected chi connectivity index (χ2v) is 2.50. The molecule has 1 aromatic rings. The van der Waals surface area contributed by atoms with Crippen molar-refractivity contribution in [2.24, 2.45) is 0 Å². The van der Waals surface area contributed by atoms with E-state index < -0.39 is 0 Å². The second-order valence-electron chi connectivity index (χ2n) is 2.19. The minimum Gasteiger partial charge on any atom is -0.298 e. The number of carbonyl (C=O) groups is 1. The molecular formula is C9H8ClNO. The highest BCUT2D eigenvalue weighted by atomic mass is 35.5. The fraction of sp³-hybridized carbons (Fsp3) is 0.111. The topological polar surface area (TPSA) is 30.0 Å². The highest BCUT2D eigenvalue weighted by Crippen LogP contribution is 1.99. The minimum absolute atomic E-state index is 0.469. The summed E-state index contributed by atoms with van der Waals surface area (Å²) in [6.07, 6.45) is 5.90. The number of rotatable bonds is 3. The lowest BCUT2D eigenvalue weighted by Gasteiger charge is -1.91. The van der Waals surface area contributed by atoms with Gasteiger partial charge in [-0.3, -0.25) is 9.78 Å². The van der Waals surface area contributed by atoms with Crippen molar-refractivity contribution < 1.29 is 4.79 Å². The van der Waals surface area contributed by atoms with Gasteiger partial charge >= 0.3 is 0 Å². The summed E-state index contributed by atoms with van der Waals surface area (Å²) < 4.78 is 0. The molecule has 62 valence electrons. The van der Waals surface area contributed by atoms with E-state index in [1.807, 2.05) is 6.08 Å². The van der Waals surface area contributed by atoms with Gasteiger partial charge in [-0.2, -0.15) is 0 Å². The lowest BCUT2D eigenvalue weighted by Crippen LogP contribution is -1.84. The molecule has 0 aliphatic carbocycles. The molecule has 0 aliphatic rings. The van der Waals surface area contributed by atoms with Crippen LogP contribution in [0.2, 0.25) is 0 Å². The predicted octanol–water partition coefficient (Wildman–Crippen LogP) is 2.15. The van der Waals surface area contributed by atoms with Gasteiger partial charge in [0, 0.05) is 17.6 Å². The largest absolute Gasteiger partial charge is 0.298 e. The van der Waals surface area contributed by atoms with Crippen LogP contribution in [0, 0.1) is 0 Å². The number of carbonyl (C=O) groups excluding carboxylic acids is 1. The standard InChI is InChI=1S/C9H8ClNO/c10-5-1-2-9-4-3-8(7-12)6-11-9/h1-4,6-7H,5H2. The Bertz CT molecular complexity index is 279. The number of hydrogen-bond acceptors (Lipinski definition) is 2. The molecule has 1 heterocycles. The SMILES string of the molecule is O=Cc1ccc(C=CCCl)nc1. The van der Waals surface area contributed by atoms with Gasteiger partial charge in [-0.05, 0) is 18.2 Å². The Balaban J connectivity index is 2.77. The van der Waals surface area contributed by atoms with Gasteiger partial charge < -0.3 is 0 Å². The first-order chi connectivity index (χ1) is 5.86. The summed E-state index contributed by atoms with van der Waals surface area (Å²) in [5, 5.41) is 0. The van der Waals surface area contributed by atoms with Crippen LogP contribution in [0.3, 0.4) is 0 Å². The summed E-state index contributed by atoms with van der Waals surface area (Å²) in [7, 11) is 0. The van der Waals surface area contributed by atoms with Crippen LogP contribution in [0.1, 0.15) is 16.1 Å². The van der Waals surface area contributed by atoms with E-state index in [-0.39, 0.29) is 0 Å². The van der Waals surface area contributed by atoms with Crippen LogP contribution < -0.4 is 0 Å².